The third-order valence-electron chi connectivity index (χ3n) is 2.27. The molecule has 13 heavy (non-hydrogen) atoms. The molecular formula is C12H16S. The third kappa shape index (κ3) is 2.38. The molecule has 1 rings (SSSR count). The van der Waals surface area contributed by atoms with Crippen molar-refractivity contribution in [2.24, 2.45) is 0 Å². The zero-order valence-corrected chi connectivity index (χ0v) is 9.53. The summed E-state index contributed by atoms with van der Waals surface area (Å²) in [5.74, 6) is 0. The van der Waals surface area contributed by atoms with Crippen molar-refractivity contribution in [3.8, 4) is 0 Å². The maximum atomic E-state index is 4.96. The van der Waals surface area contributed by atoms with Crippen molar-refractivity contribution in [3.63, 3.8) is 0 Å². The van der Waals surface area contributed by atoms with Crippen LogP contribution < -0.4 is 0 Å². The van der Waals surface area contributed by atoms with Crippen LogP contribution in [-0.2, 0) is 5.41 Å². The minimum atomic E-state index is 0.209. The summed E-state index contributed by atoms with van der Waals surface area (Å²) in [5, 5.41) is 1.75. The van der Waals surface area contributed by atoms with E-state index in [0.29, 0.717) is 0 Å². The van der Waals surface area contributed by atoms with Gasteiger partial charge in [-0.1, -0.05) is 51.2 Å². The van der Waals surface area contributed by atoms with Crippen molar-refractivity contribution in [1.82, 2.24) is 0 Å². The van der Waals surface area contributed by atoms with Gasteiger partial charge in [-0.2, -0.15) is 0 Å². The van der Waals surface area contributed by atoms with Crippen LogP contribution in [0.25, 0.3) is 0 Å². The SMILES string of the molecule is Cc1ccc(C(C)(C)C)cc1C=S. The maximum Gasteiger partial charge on any atom is 0.00888 e. The van der Waals surface area contributed by atoms with Gasteiger partial charge in [-0.25, -0.2) is 0 Å². The van der Waals surface area contributed by atoms with Gasteiger partial charge >= 0.3 is 0 Å². The lowest BCUT2D eigenvalue weighted by Crippen LogP contribution is -2.11. The van der Waals surface area contributed by atoms with Gasteiger partial charge in [0.25, 0.3) is 0 Å². The molecule has 1 aromatic rings. The molecule has 0 nitrogen and oxygen atoms in total. The predicted octanol–water partition coefficient (Wildman–Crippen LogP) is 3.64. The number of hydrogen-bond donors (Lipinski definition) is 0. The standard InChI is InChI=1S/C12H16S/c1-9-5-6-11(12(2,3)4)7-10(9)8-13/h5-8H,1-4H3. The Balaban J connectivity index is 3.21. The maximum absolute atomic E-state index is 4.96. The van der Waals surface area contributed by atoms with Crippen LogP contribution in [0, 0.1) is 6.92 Å². The van der Waals surface area contributed by atoms with Crippen molar-refractivity contribution in [2.45, 2.75) is 33.1 Å². The molecule has 0 unspecified atom stereocenters. The highest BCUT2D eigenvalue weighted by atomic mass is 32.1. The molecule has 0 N–H and O–H groups in total. The Kier molecular flexibility index (Phi) is 2.87. The van der Waals surface area contributed by atoms with E-state index in [1.54, 1.807) is 5.37 Å². The van der Waals surface area contributed by atoms with Crippen LogP contribution in [0.15, 0.2) is 18.2 Å². The first-order chi connectivity index (χ1) is 5.95. The van der Waals surface area contributed by atoms with Gasteiger partial charge in [0, 0.05) is 5.37 Å². The molecule has 0 aliphatic rings. The Labute approximate surface area is 86.0 Å². The highest BCUT2D eigenvalue weighted by Crippen LogP contribution is 2.23. The third-order valence-corrected chi connectivity index (χ3v) is 2.53. The van der Waals surface area contributed by atoms with Crippen LogP contribution in [0.2, 0.25) is 0 Å². The monoisotopic (exact) mass is 192 g/mol. The highest BCUT2D eigenvalue weighted by molar-refractivity contribution is 7.79. The number of hydrogen-bond acceptors (Lipinski definition) is 1. The minimum Gasteiger partial charge on any atom is -0.0881 e. The summed E-state index contributed by atoms with van der Waals surface area (Å²) < 4.78 is 0. The van der Waals surface area contributed by atoms with Gasteiger partial charge in [0.05, 0.1) is 0 Å². The Morgan fingerprint density at radius 1 is 1.23 bits per heavy atom. The van der Waals surface area contributed by atoms with Crippen LogP contribution >= 0.6 is 12.2 Å². The van der Waals surface area contributed by atoms with E-state index in [1.165, 1.54) is 16.7 Å². The normalized spacial score (nSPS) is 11.4. The Morgan fingerprint density at radius 3 is 2.31 bits per heavy atom. The van der Waals surface area contributed by atoms with E-state index in [2.05, 4.69) is 45.9 Å². The van der Waals surface area contributed by atoms with Crippen molar-refractivity contribution in [3.05, 3.63) is 34.9 Å². The zero-order valence-electron chi connectivity index (χ0n) is 8.72. The second-order valence-corrected chi connectivity index (χ2v) is 4.67. The number of benzene rings is 1. The molecule has 0 spiro atoms. The quantitative estimate of drug-likeness (QED) is 0.612. The zero-order chi connectivity index (χ0) is 10.1. The first-order valence-corrected chi connectivity index (χ1v) is 4.98. The van der Waals surface area contributed by atoms with Gasteiger partial charge in [0.15, 0.2) is 0 Å². The molecular weight excluding hydrogens is 176 g/mol. The highest BCUT2D eigenvalue weighted by Gasteiger charge is 2.13. The van der Waals surface area contributed by atoms with Gasteiger partial charge in [0.1, 0.15) is 0 Å². The molecule has 0 radical (unpaired) electrons. The van der Waals surface area contributed by atoms with E-state index in [9.17, 15) is 0 Å². The molecule has 1 aromatic carbocycles. The Bertz CT molecular complexity index is 318. The minimum absolute atomic E-state index is 0.209. The lowest BCUT2D eigenvalue weighted by Gasteiger charge is -2.19. The van der Waals surface area contributed by atoms with Gasteiger partial charge in [0.2, 0.25) is 0 Å². The van der Waals surface area contributed by atoms with Crippen LogP contribution in [-0.4, -0.2) is 5.37 Å². The topological polar surface area (TPSA) is 0 Å². The van der Waals surface area contributed by atoms with Crippen LogP contribution in [0.5, 0.6) is 0 Å². The second-order valence-electron chi connectivity index (χ2n) is 4.44. The smallest absolute Gasteiger partial charge is 0.00888 e. The molecule has 0 fully saturated rings. The largest absolute Gasteiger partial charge is 0.0881 e. The van der Waals surface area contributed by atoms with Crippen LogP contribution in [0.3, 0.4) is 0 Å². The van der Waals surface area contributed by atoms with E-state index in [-0.39, 0.29) is 5.41 Å². The molecule has 0 bridgehead atoms. The molecule has 0 aromatic heterocycles. The van der Waals surface area contributed by atoms with E-state index in [1.807, 2.05) is 0 Å². The summed E-state index contributed by atoms with van der Waals surface area (Å²) >= 11 is 4.96. The number of thiocarbonyl (C=S) groups is 1. The van der Waals surface area contributed by atoms with Gasteiger partial charge in [-0.05, 0) is 29.0 Å². The van der Waals surface area contributed by atoms with E-state index in [0.717, 1.165) is 0 Å². The van der Waals surface area contributed by atoms with E-state index >= 15 is 0 Å². The average Bonchev–Trinajstić information content (AvgIpc) is 2.03. The second kappa shape index (κ2) is 3.59. The molecule has 0 atom stereocenters. The predicted molar refractivity (Wildman–Crippen MR) is 62.6 cm³/mol. The molecule has 70 valence electrons. The number of aryl methyl sites for hydroxylation is 1. The summed E-state index contributed by atoms with van der Waals surface area (Å²) in [7, 11) is 0. The lowest BCUT2D eigenvalue weighted by atomic mass is 9.85. The average molecular weight is 192 g/mol. The van der Waals surface area contributed by atoms with Crippen molar-refractivity contribution < 1.29 is 0 Å². The summed E-state index contributed by atoms with van der Waals surface area (Å²) in [4.78, 5) is 0. The summed E-state index contributed by atoms with van der Waals surface area (Å²) in [5.41, 5.74) is 3.97. The molecule has 0 saturated carbocycles. The lowest BCUT2D eigenvalue weighted by molar-refractivity contribution is 0.590. The van der Waals surface area contributed by atoms with Crippen molar-refractivity contribution in [1.29, 1.82) is 0 Å². The van der Waals surface area contributed by atoms with Crippen LogP contribution in [0.1, 0.15) is 37.5 Å². The van der Waals surface area contributed by atoms with Gasteiger partial charge in [-0.15, -0.1) is 0 Å². The molecule has 0 amide bonds. The Morgan fingerprint density at radius 2 is 1.85 bits per heavy atom. The molecule has 0 heterocycles. The Hall–Kier alpha value is -0.690. The molecule has 1 heteroatoms. The first kappa shape index (κ1) is 10.4. The fourth-order valence-electron chi connectivity index (χ4n) is 1.23. The summed E-state index contributed by atoms with van der Waals surface area (Å²) in [6.45, 7) is 8.73. The summed E-state index contributed by atoms with van der Waals surface area (Å²) in [6, 6.07) is 6.50. The van der Waals surface area contributed by atoms with E-state index in [4.69, 9.17) is 12.2 Å². The van der Waals surface area contributed by atoms with E-state index < -0.39 is 0 Å². The fraction of sp³-hybridized carbons (Fsp3) is 0.417. The van der Waals surface area contributed by atoms with Crippen molar-refractivity contribution in [2.75, 3.05) is 0 Å². The first-order valence-electron chi connectivity index (χ1n) is 4.51. The molecule has 0 aliphatic carbocycles. The molecule has 0 saturated heterocycles. The number of rotatable bonds is 1. The molecule has 0 aliphatic heterocycles. The summed E-state index contributed by atoms with van der Waals surface area (Å²) in [6.07, 6.45) is 0. The van der Waals surface area contributed by atoms with Gasteiger partial charge in [-0.3, -0.25) is 0 Å². The van der Waals surface area contributed by atoms with Crippen LogP contribution in [0.4, 0.5) is 0 Å². The van der Waals surface area contributed by atoms with Gasteiger partial charge < -0.3 is 0 Å². The fourth-order valence-corrected chi connectivity index (χ4v) is 1.49. The van der Waals surface area contributed by atoms with Crippen molar-refractivity contribution >= 4 is 17.6 Å².